The molecule has 4 rings (SSSR count). The summed E-state index contributed by atoms with van der Waals surface area (Å²) in [6.45, 7) is 4.06. The summed E-state index contributed by atoms with van der Waals surface area (Å²) in [6.07, 6.45) is 2.83. The first kappa shape index (κ1) is 18.3. The van der Waals surface area contributed by atoms with E-state index in [1.54, 1.807) is 24.3 Å². The summed E-state index contributed by atoms with van der Waals surface area (Å²) in [4.78, 5) is 4.89. The molecule has 0 atom stereocenters. The van der Waals surface area contributed by atoms with E-state index in [1.807, 2.05) is 66.9 Å². The Morgan fingerprint density at radius 3 is 2.46 bits per heavy atom. The number of hydrogen-bond acceptors (Lipinski definition) is 3. The van der Waals surface area contributed by atoms with Gasteiger partial charge in [0.2, 0.25) is 0 Å². The van der Waals surface area contributed by atoms with Crippen LogP contribution in [0.2, 0.25) is 0 Å². The highest BCUT2D eigenvalue weighted by molar-refractivity contribution is 7.92. The van der Waals surface area contributed by atoms with E-state index < -0.39 is 10.0 Å². The summed E-state index contributed by atoms with van der Waals surface area (Å²) in [5, 5.41) is 0. The fraction of sp³-hybridized carbons (Fsp3) is 0.136. The van der Waals surface area contributed by atoms with Gasteiger partial charge in [-0.1, -0.05) is 37.3 Å². The molecule has 0 saturated carbocycles. The van der Waals surface area contributed by atoms with Gasteiger partial charge < -0.3 is 4.40 Å². The Balaban J connectivity index is 1.65. The number of aryl methyl sites for hydroxylation is 2. The maximum Gasteiger partial charge on any atom is 0.261 e. The van der Waals surface area contributed by atoms with Crippen LogP contribution in [0, 0.1) is 6.92 Å². The van der Waals surface area contributed by atoms with Crippen LogP contribution in [0.4, 0.5) is 5.69 Å². The number of fused-ring (bicyclic) bond motifs is 1. The molecule has 1 N–H and O–H groups in total. The second-order valence-corrected chi connectivity index (χ2v) is 8.39. The number of nitrogens with zero attached hydrogens (tertiary/aromatic N) is 2. The third-order valence-corrected chi connectivity index (χ3v) is 6.15. The minimum atomic E-state index is -3.64. The van der Waals surface area contributed by atoms with Crippen LogP contribution in [0.1, 0.15) is 18.2 Å². The van der Waals surface area contributed by atoms with Crippen molar-refractivity contribution in [1.82, 2.24) is 9.38 Å². The lowest BCUT2D eigenvalue weighted by Gasteiger charge is -2.09. The van der Waals surface area contributed by atoms with Crippen molar-refractivity contribution in [1.29, 1.82) is 0 Å². The van der Waals surface area contributed by atoms with Gasteiger partial charge >= 0.3 is 0 Å². The van der Waals surface area contributed by atoms with Crippen molar-refractivity contribution < 1.29 is 8.42 Å². The molecule has 0 radical (unpaired) electrons. The van der Waals surface area contributed by atoms with Crippen LogP contribution in [0.15, 0.2) is 77.8 Å². The van der Waals surface area contributed by atoms with Gasteiger partial charge in [-0.3, -0.25) is 4.72 Å². The zero-order chi connectivity index (χ0) is 19.7. The molecule has 4 aromatic rings. The number of imidazole rings is 1. The third-order valence-electron chi connectivity index (χ3n) is 4.75. The number of aromatic nitrogens is 2. The van der Waals surface area contributed by atoms with E-state index >= 15 is 0 Å². The van der Waals surface area contributed by atoms with Gasteiger partial charge in [0.25, 0.3) is 10.0 Å². The summed E-state index contributed by atoms with van der Waals surface area (Å²) in [7, 11) is -3.64. The number of pyridine rings is 1. The monoisotopic (exact) mass is 391 g/mol. The van der Waals surface area contributed by atoms with Gasteiger partial charge in [-0.2, -0.15) is 0 Å². The molecule has 2 aromatic carbocycles. The van der Waals surface area contributed by atoms with E-state index in [0.717, 1.165) is 34.6 Å². The van der Waals surface area contributed by atoms with Crippen LogP contribution < -0.4 is 4.72 Å². The molecular weight excluding hydrogens is 370 g/mol. The average Bonchev–Trinajstić information content (AvgIpc) is 3.14. The van der Waals surface area contributed by atoms with Gasteiger partial charge in [0, 0.05) is 23.1 Å². The fourth-order valence-corrected chi connectivity index (χ4v) is 4.20. The molecule has 0 aliphatic heterocycles. The molecule has 0 aliphatic carbocycles. The van der Waals surface area contributed by atoms with E-state index in [1.165, 1.54) is 0 Å². The van der Waals surface area contributed by atoms with Crippen molar-refractivity contribution >= 4 is 21.4 Å². The molecule has 2 aromatic heterocycles. The molecule has 0 fully saturated rings. The molecule has 0 bridgehead atoms. The molecule has 0 saturated heterocycles. The highest BCUT2D eigenvalue weighted by atomic mass is 32.2. The van der Waals surface area contributed by atoms with Crippen molar-refractivity contribution in [2.75, 3.05) is 4.72 Å². The van der Waals surface area contributed by atoms with Crippen LogP contribution in [0.25, 0.3) is 16.9 Å². The summed E-state index contributed by atoms with van der Waals surface area (Å²) >= 11 is 0. The largest absolute Gasteiger partial charge is 0.304 e. The summed E-state index contributed by atoms with van der Waals surface area (Å²) < 4.78 is 30.1. The highest BCUT2D eigenvalue weighted by Crippen LogP contribution is 2.25. The molecule has 2 heterocycles. The molecule has 0 unspecified atom stereocenters. The molecule has 142 valence electrons. The normalized spacial score (nSPS) is 11.6. The Labute approximate surface area is 164 Å². The van der Waals surface area contributed by atoms with E-state index in [2.05, 4.69) is 9.71 Å². The standard InChI is InChI=1S/C22H21N3O2S/c1-3-17-10-12-20(13-11-17)28(26,27)24-19-8-5-7-18(14-19)21-15-25-16(2)6-4-9-22(25)23-21/h4-15,24H,3H2,1-2H3. The van der Waals surface area contributed by atoms with Crippen molar-refractivity contribution in [2.45, 2.75) is 25.2 Å². The van der Waals surface area contributed by atoms with Gasteiger partial charge in [-0.05, 0) is 55.3 Å². The third kappa shape index (κ3) is 3.51. The maximum absolute atomic E-state index is 12.7. The van der Waals surface area contributed by atoms with Gasteiger partial charge in [0.1, 0.15) is 5.65 Å². The van der Waals surface area contributed by atoms with Crippen LogP contribution in [0.3, 0.4) is 0 Å². The van der Waals surface area contributed by atoms with Crippen LogP contribution in [0.5, 0.6) is 0 Å². The quantitative estimate of drug-likeness (QED) is 0.538. The van der Waals surface area contributed by atoms with Crippen molar-refractivity contribution in [3.63, 3.8) is 0 Å². The lowest BCUT2D eigenvalue weighted by molar-refractivity contribution is 0.601. The van der Waals surface area contributed by atoms with Crippen molar-refractivity contribution in [3.8, 4) is 11.3 Å². The number of hydrogen-bond donors (Lipinski definition) is 1. The Hall–Kier alpha value is -3.12. The molecule has 0 spiro atoms. The molecule has 6 heteroatoms. The minimum Gasteiger partial charge on any atom is -0.304 e. The first-order chi connectivity index (χ1) is 13.5. The van der Waals surface area contributed by atoms with E-state index in [4.69, 9.17) is 0 Å². The lowest BCUT2D eigenvalue weighted by atomic mass is 10.1. The first-order valence-corrected chi connectivity index (χ1v) is 10.6. The second-order valence-electron chi connectivity index (χ2n) is 6.71. The predicted molar refractivity (Wildman–Crippen MR) is 112 cm³/mol. The Kier molecular flexibility index (Phi) is 4.65. The Bertz CT molecular complexity index is 1240. The highest BCUT2D eigenvalue weighted by Gasteiger charge is 2.15. The van der Waals surface area contributed by atoms with E-state index in [9.17, 15) is 8.42 Å². The fourth-order valence-electron chi connectivity index (χ4n) is 3.15. The topological polar surface area (TPSA) is 63.5 Å². The van der Waals surface area contributed by atoms with E-state index in [0.29, 0.717) is 5.69 Å². The van der Waals surface area contributed by atoms with Gasteiger partial charge in [-0.25, -0.2) is 13.4 Å². The van der Waals surface area contributed by atoms with Crippen LogP contribution in [-0.4, -0.2) is 17.8 Å². The second kappa shape index (κ2) is 7.13. The van der Waals surface area contributed by atoms with E-state index in [-0.39, 0.29) is 4.90 Å². The smallest absolute Gasteiger partial charge is 0.261 e. The van der Waals surface area contributed by atoms with Gasteiger partial charge in [-0.15, -0.1) is 0 Å². The first-order valence-electron chi connectivity index (χ1n) is 9.13. The predicted octanol–water partition coefficient (Wildman–Crippen LogP) is 4.67. The molecule has 28 heavy (non-hydrogen) atoms. The SMILES string of the molecule is CCc1ccc(S(=O)(=O)Nc2cccc(-c3cn4c(C)cccc4n3)c2)cc1. The molecule has 0 aliphatic rings. The van der Waals surface area contributed by atoms with Crippen LogP contribution in [-0.2, 0) is 16.4 Å². The molecular formula is C22H21N3O2S. The Morgan fingerprint density at radius 2 is 1.75 bits per heavy atom. The lowest BCUT2D eigenvalue weighted by Crippen LogP contribution is -2.12. The Morgan fingerprint density at radius 1 is 1.00 bits per heavy atom. The van der Waals surface area contributed by atoms with Gasteiger partial charge in [0.15, 0.2) is 0 Å². The number of nitrogens with one attached hydrogen (secondary N) is 1. The maximum atomic E-state index is 12.7. The summed E-state index contributed by atoms with van der Waals surface area (Å²) in [5.74, 6) is 0. The van der Waals surface area contributed by atoms with Crippen molar-refractivity contribution in [3.05, 3.63) is 84.2 Å². The molecule has 0 amide bonds. The zero-order valence-corrected chi connectivity index (χ0v) is 16.6. The van der Waals surface area contributed by atoms with Gasteiger partial charge in [0.05, 0.1) is 10.6 Å². The number of anilines is 1. The summed E-state index contributed by atoms with van der Waals surface area (Å²) in [6, 6.07) is 20.2. The molecule has 5 nitrogen and oxygen atoms in total. The van der Waals surface area contributed by atoms with Crippen molar-refractivity contribution in [2.24, 2.45) is 0 Å². The average molecular weight is 391 g/mol. The number of benzene rings is 2. The summed E-state index contributed by atoms with van der Waals surface area (Å²) in [5.41, 5.74) is 5.20. The zero-order valence-electron chi connectivity index (χ0n) is 15.8. The number of rotatable bonds is 5. The minimum absolute atomic E-state index is 0.249. The number of sulfonamides is 1. The van der Waals surface area contributed by atoms with Crippen LogP contribution >= 0.6 is 0 Å².